The second-order valence-corrected chi connectivity index (χ2v) is 5.89. The summed E-state index contributed by atoms with van der Waals surface area (Å²) in [6.07, 6.45) is 0. The zero-order valence-corrected chi connectivity index (χ0v) is 14.0. The molecule has 2 aromatic rings. The summed E-state index contributed by atoms with van der Waals surface area (Å²) in [7, 11) is 0. The molecule has 5 nitrogen and oxygen atoms in total. The van der Waals surface area contributed by atoms with E-state index in [0.29, 0.717) is 12.2 Å². The highest BCUT2D eigenvalue weighted by atomic mass is 16.2. The van der Waals surface area contributed by atoms with E-state index < -0.39 is 12.1 Å². The Morgan fingerprint density at radius 3 is 2.08 bits per heavy atom. The Balaban J connectivity index is 1.90. The Hall–Kier alpha value is -2.82. The van der Waals surface area contributed by atoms with Gasteiger partial charge in [0.15, 0.2) is 0 Å². The van der Waals surface area contributed by atoms with Crippen LogP contribution >= 0.6 is 0 Å². The van der Waals surface area contributed by atoms with Gasteiger partial charge in [-0.2, -0.15) is 0 Å². The fourth-order valence-corrected chi connectivity index (χ4v) is 2.26. The van der Waals surface area contributed by atoms with Gasteiger partial charge in [0.1, 0.15) is 6.04 Å². The van der Waals surface area contributed by atoms with Gasteiger partial charge in [0.05, 0.1) is 0 Å². The van der Waals surface area contributed by atoms with Crippen LogP contribution in [0.3, 0.4) is 0 Å². The number of para-hydroxylation sites is 1. The third kappa shape index (κ3) is 5.43. The van der Waals surface area contributed by atoms with E-state index in [9.17, 15) is 9.59 Å². The summed E-state index contributed by atoms with van der Waals surface area (Å²) in [5.74, 6) is -0.223. The van der Waals surface area contributed by atoms with Gasteiger partial charge in [-0.05, 0) is 23.6 Å². The molecule has 2 aromatic carbocycles. The molecule has 0 aliphatic heterocycles. The minimum absolute atomic E-state index is 0.0257. The molecular weight excluding hydrogens is 302 g/mol. The van der Waals surface area contributed by atoms with E-state index >= 15 is 0 Å². The van der Waals surface area contributed by atoms with Gasteiger partial charge in [0.25, 0.3) is 0 Å². The van der Waals surface area contributed by atoms with Crippen LogP contribution in [0.4, 0.5) is 10.5 Å². The monoisotopic (exact) mass is 325 g/mol. The van der Waals surface area contributed by atoms with Gasteiger partial charge in [-0.3, -0.25) is 4.79 Å². The van der Waals surface area contributed by atoms with Gasteiger partial charge in [-0.15, -0.1) is 0 Å². The molecule has 1 atom stereocenters. The number of carbonyl (C=O) groups is 2. The quantitative estimate of drug-likeness (QED) is 0.763. The minimum atomic E-state index is -0.600. The van der Waals surface area contributed by atoms with Gasteiger partial charge in [0.2, 0.25) is 5.91 Å². The maximum atomic E-state index is 12.4. The molecule has 0 aliphatic carbocycles. The highest BCUT2D eigenvalue weighted by Gasteiger charge is 2.23. The van der Waals surface area contributed by atoms with Gasteiger partial charge in [-0.1, -0.05) is 62.4 Å². The van der Waals surface area contributed by atoms with Crippen molar-refractivity contribution in [3.05, 3.63) is 66.2 Å². The van der Waals surface area contributed by atoms with Crippen molar-refractivity contribution in [1.82, 2.24) is 10.6 Å². The number of hydrogen-bond donors (Lipinski definition) is 3. The molecule has 3 amide bonds. The molecule has 0 saturated heterocycles. The molecule has 3 N–H and O–H groups in total. The fourth-order valence-electron chi connectivity index (χ4n) is 2.26. The SMILES string of the molecule is CC(C)C(NC(=O)Nc1ccccc1)C(=O)NCc1ccccc1. The number of carbonyl (C=O) groups excluding carboxylic acids is 2. The molecule has 0 aliphatic rings. The second-order valence-electron chi connectivity index (χ2n) is 5.89. The summed E-state index contributed by atoms with van der Waals surface area (Å²) in [4.78, 5) is 24.5. The first-order chi connectivity index (χ1) is 11.6. The fraction of sp³-hybridized carbons (Fsp3) is 0.263. The lowest BCUT2D eigenvalue weighted by Gasteiger charge is -2.22. The van der Waals surface area contributed by atoms with Crippen LogP contribution < -0.4 is 16.0 Å². The molecule has 0 aromatic heterocycles. The molecule has 0 heterocycles. The standard InChI is InChI=1S/C19H23N3O2/c1-14(2)17(18(23)20-13-15-9-5-3-6-10-15)22-19(24)21-16-11-7-4-8-12-16/h3-12,14,17H,13H2,1-2H3,(H,20,23)(H2,21,22,24). The zero-order valence-electron chi connectivity index (χ0n) is 14.0. The highest BCUT2D eigenvalue weighted by Crippen LogP contribution is 2.07. The molecule has 24 heavy (non-hydrogen) atoms. The summed E-state index contributed by atoms with van der Waals surface area (Å²) in [5, 5.41) is 8.33. The summed E-state index contributed by atoms with van der Waals surface area (Å²) >= 11 is 0. The molecule has 1 unspecified atom stereocenters. The summed E-state index contributed by atoms with van der Waals surface area (Å²) in [6, 6.07) is 17.8. The van der Waals surface area contributed by atoms with Crippen molar-refractivity contribution in [3.8, 4) is 0 Å². The molecule has 0 radical (unpaired) electrons. The predicted octanol–water partition coefficient (Wildman–Crippen LogP) is 3.15. The Labute approximate surface area is 142 Å². The lowest BCUT2D eigenvalue weighted by atomic mass is 10.0. The zero-order chi connectivity index (χ0) is 17.4. The van der Waals surface area contributed by atoms with E-state index in [2.05, 4.69) is 16.0 Å². The van der Waals surface area contributed by atoms with E-state index in [1.807, 2.05) is 62.4 Å². The van der Waals surface area contributed by atoms with Crippen LogP contribution in [0.2, 0.25) is 0 Å². The predicted molar refractivity (Wildman–Crippen MR) is 95.5 cm³/mol. The number of anilines is 1. The maximum absolute atomic E-state index is 12.4. The number of benzene rings is 2. The molecule has 0 saturated carbocycles. The molecule has 0 fully saturated rings. The molecular formula is C19H23N3O2. The number of rotatable bonds is 6. The number of hydrogen-bond acceptors (Lipinski definition) is 2. The summed E-state index contributed by atoms with van der Waals surface area (Å²) in [5.41, 5.74) is 1.70. The van der Waals surface area contributed by atoms with E-state index in [1.165, 1.54) is 0 Å². The van der Waals surface area contributed by atoms with Gasteiger partial charge >= 0.3 is 6.03 Å². The number of nitrogens with one attached hydrogen (secondary N) is 3. The van der Waals surface area contributed by atoms with E-state index in [0.717, 1.165) is 5.56 Å². The molecule has 126 valence electrons. The Kier molecular flexibility index (Phi) is 6.37. The molecule has 0 bridgehead atoms. The summed E-state index contributed by atoms with van der Waals surface area (Å²) in [6.45, 7) is 4.23. The van der Waals surface area contributed by atoms with Crippen LogP contribution in [0, 0.1) is 5.92 Å². The minimum Gasteiger partial charge on any atom is -0.350 e. The number of urea groups is 1. The van der Waals surface area contributed by atoms with E-state index in [4.69, 9.17) is 0 Å². The average molecular weight is 325 g/mol. The van der Waals surface area contributed by atoms with Crippen LogP contribution in [0.1, 0.15) is 19.4 Å². The smallest absolute Gasteiger partial charge is 0.319 e. The Morgan fingerprint density at radius 2 is 1.50 bits per heavy atom. The van der Waals surface area contributed by atoms with Gasteiger partial charge < -0.3 is 16.0 Å². The van der Waals surface area contributed by atoms with Crippen molar-refractivity contribution in [3.63, 3.8) is 0 Å². The molecule has 2 rings (SSSR count). The number of amides is 3. The van der Waals surface area contributed by atoms with Crippen LogP contribution in [0.15, 0.2) is 60.7 Å². The van der Waals surface area contributed by atoms with Crippen LogP contribution in [-0.4, -0.2) is 18.0 Å². The Bertz CT molecular complexity index is 657. The van der Waals surface area contributed by atoms with Crippen molar-refractivity contribution in [2.75, 3.05) is 5.32 Å². The van der Waals surface area contributed by atoms with Crippen LogP contribution in [0.25, 0.3) is 0 Å². The third-order valence-electron chi connectivity index (χ3n) is 3.58. The topological polar surface area (TPSA) is 70.2 Å². The van der Waals surface area contributed by atoms with Crippen molar-refractivity contribution in [1.29, 1.82) is 0 Å². The van der Waals surface area contributed by atoms with Gasteiger partial charge in [-0.25, -0.2) is 4.79 Å². The van der Waals surface area contributed by atoms with Crippen molar-refractivity contribution >= 4 is 17.6 Å². The lowest BCUT2D eigenvalue weighted by molar-refractivity contribution is -0.124. The summed E-state index contributed by atoms with van der Waals surface area (Å²) < 4.78 is 0. The third-order valence-corrected chi connectivity index (χ3v) is 3.58. The highest BCUT2D eigenvalue weighted by molar-refractivity contribution is 5.93. The van der Waals surface area contributed by atoms with Crippen LogP contribution in [-0.2, 0) is 11.3 Å². The van der Waals surface area contributed by atoms with Crippen molar-refractivity contribution in [2.24, 2.45) is 5.92 Å². The maximum Gasteiger partial charge on any atom is 0.319 e. The largest absolute Gasteiger partial charge is 0.350 e. The van der Waals surface area contributed by atoms with E-state index in [-0.39, 0.29) is 11.8 Å². The van der Waals surface area contributed by atoms with E-state index in [1.54, 1.807) is 12.1 Å². The average Bonchev–Trinajstić information content (AvgIpc) is 2.59. The van der Waals surface area contributed by atoms with Crippen molar-refractivity contribution in [2.45, 2.75) is 26.4 Å². The van der Waals surface area contributed by atoms with Crippen LogP contribution in [0.5, 0.6) is 0 Å². The normalized spacial score (nSPS) is 11.6. The molecule has 5 heteroatoms. The Morgan fingerprint density at radius 1 is 0.917 bits per heavy atom. The second kappa shape index (κ2) is 8.72. The first-order valence-corrected chi connectivity index (χ1v) is 8.00. The first kappa shape index (κ1) is 17.5. The lowest BCUT2D eigenvalue weighted by Crippen LogP contribution is -2.50. The molecule has 0 spiro atoms. The first-order valence-electron chi connectivity index (χ1n) is 8.00. The van der Waals surface area contributed by atoms with Gasteiger partial charge in [0, 0.05) is 12.2 Å². The van der Waals surface area contributed by atoms with Crippen molar-refractivity contribution < 1.29 is 9.59 Å².